The van der Waals surface area contributed by atoms with Gasteiger partial charge in [0.15, 0.2) is 17.2 Å². The van der Waals surface area contributed by atoms with E-state index in [2.05, 4.69) is 58.8 Å². The summed E-state index contributed by atoms with van der Waals surface area (Å²) in [7, 11) is 0. The molecule has 1 aliphatic heterocycles. The molecule has 36 heavy (non-hydrogen) atoms. The van der Waals surface area contributed by atoms with Crippen molar-refractivity contribution < 1.29 is 19.0 Å². The van der Waals surface area contributed by atoms with Gasteiger partial charge in [-0.3, -0.25) is 0 Å². The van der Waals surface area contributed by atoms with Crippen LogP contribution >= 0.6 is 22.6 Å². The average molecular weight is 589 g/mol. The van der Waals surface area contributed by atoms with Crippen LogP contribution in [-0.2, 0) is 16.1 Å². The molecule has 1 heterocycles. The maximum Gasteiger partial charge on any atom is 0.363 e. The first kappa shape index (κ1) is 24.1. The number of rotatable bonds is 7. The van der Waals surface area contributed by atoms with Gasteiger partial charge in [-0.2, -0.15) is 0 Å². The summed E-state index contributed by atoms with van der Waals surface area (Å²) in [6, 6.07) is 26.0. The number of nitrogens with zero attached hydrogens (tertiary/aromatic N) is 1. The number of cyclic esters (lactones) is 1. The second-order valence-corrected chi connectivity index (χ2v) is 9.60. The van der Waals surface area contributed by atoms with Gasteiger partial charge in [0.25, 0.3) is 0 Å². The van der Waals surface area contributed by atoms with E-state index in [9.17, 15) is 4.79 Å². The molecule has 4 aromatic carbocycles. The van der Waals surface area contributed by atoms with Crippen LogP contribution in [0.25, 0.3) is 16.8 Å². The fourth-order valence-electron chi connectivity index (χ4n) is 3.93. The molecule has 0 radical (unpaired) electrons. The van der Waals surface area contributed by atoms with Crippen LogP contribution in [0.2, 0.25) is 0 Å². The lowest BCUT2D eigenvalue weighted by atomic mass is 10.1. The Morgan fingerprint density at radius 1 is 0.944 bits per heavy atom. The van der Waals surface area contributed by atoms with Crippen molar-refractivity contribution in [1.82, 2.24) is 0 Å². The molecular formula is C30H24INO4. The van der Waals surface area contributed by atoms with Gasteiger partial charge >= 0.3 is 5.97 Å². The molecule has 0 aliphatic carbocycles. The van der Waals surface area contributed by atoms with Crippen molar-refractivity contribution in [3.05, 3.63) is 110 Å². The first-order valence-electron chi connectivity index (χ1n) is 11.7. The van der Waals surface area contributed by atoms with Crippen LogP contribution in [0.15, 0.2) is 89.6 Å². The predicted octanol–water partition coefficient (Wildman–Crippen LogP) is 7.08. The minimum Gasteiger partial charge on any atom is -0.490 e. The second-order valence-electron chi connectivity index (χ2n) is 8.44. The molecule has 0 unspecified atom stereocenters. The molecule has 0 amide bonds. The first-order chi connectivity index (χ1) is 17.5. The summed E-state index contributed by atoms with van der Waals surface area (Å²) in [6.45, 7) is 4.91. The van der Waals surface area contributed by atoms with Crippen LogP contribution < -0.4 is 9.47 Å². The Morgan fingerprint density at radius 2 is 1.72 bits per heavy atom. The maximum atomic E-state index is 12.6. The van der Waals surface area contributed by atoms with Gasteiger partial charge in [0, 0.05) is 5.56 Å². The number of hydrogen-bond donors (Lipinski definition) is 0. The van der Waals surface area contributed by atoms with E-state index in [0.717, 1.165) is 31.0 Å². The first-order valence-corrected chi connectivity index (χ1v) is 12.7. The Bertz CT molecular complexity index is 1510. The van der Waals surface area contributed by atoms with Crippen LogP contribution in [0, 0.1) is 10.5 Å². The number of fused-ring (bicyclic) bond motifs is 1. The highest BCUT2D eigenvalue weighted by atomic mass is 127. The lowest BCUT2D eigenvalue weighted by Gasteiger charge is -2.15. The van der Waals surface area contributed by atoms with Crippen molar-refractivity contribution in [3.63, 3.8) is 0 Å². The van der Waals surface area contributed by atoms with E-state index in [1.165, 1.54) is 5.56 Å². The molecule has 0 aromatic heterocycles. The molecule has 0 atom stereocenters. The van der Waals surface area contributed by atoms with Gasteiger partial charge in [0.2, 0.25) is 5.90 Å². The molecule has 6 heteroatoms. The van der Waals surface area contributed by atoms with E-state index in [1.54, 1.807) is 6.08 Å². The molecular weight excluding hydrogens is 565 g/mol. The van der Waals surface area contributed by atoms with E-state index >= 15 is 0 Å². The molecule has 5 nitrogen and oxygen atoms in total. The van der Waals surface area contributed by atoms with E-state index in [0.29, 0.717) is 30.6 Å². The zero-order chi connectivity index (χ0) is 25.1. The zero-order valence-corrected chi connectivity index (χ0v) is 22.1. The van der Waals surface area contributed by atoms with E-state index in [1.807, 2.05) is 61.5 Å². The Morgan fingerprint density at radius 3 is 2.50 bits per heavy atom. The SMILES string of the molecule is CCOc1cc(/C=C2\N=C(c3ccc4ccccc4c3)OC2=O)cc(I)c1OCc1ccc(C)cc1. The van der Waals surface area contributed by atoms with Gasteiger partial charge in [-0.25, -0.2) is 9.79 Å². The lowest BCUT2D eigenvalue weighted by molar-refractivity contribution is -0.129. The monoisotopic (exact) mass is 589 g/mol. The summed E-state index contributed by atoms with van der Waals surface area (Å²) in [5, 5.41) is 2.17. The standard InChI is InChI=1S/C30H24INO4/c1-3-34-27-16-21(14-25(31)28(27)35-18-20-10-8-19(2)9-11-20)15-26-30(33)36-29(32-26)24-13-12-22-6-4-5-7-23(22)17-24/h4-17H,3,18H2,1-2H3/b26-15-. The summed E-state index contributed by atoms with van der Waals surface area (Å²) in [5.74, 6) is 1.11. The largest absolute Gasteiger partial charge is 0.490 e. The number of ether oxygens (including phenoxy) is 3. The van der Waals surface area contributed by atoms with Gasteiger partial charge in [-0.15, -0.1) is 0 Å². The molecule has 4 aromatic rings. The lowest BCUT2D eigenvalue weighted by Crippen LogP contribution is -2.05. The van der Waals surface area contributed by atoms with E-state index < -0.39 is 5.97 Å². The smallest absolute Gasteiger partial charge is 0.363 e. The number of benzene rings is 4. The minimum atomic E-state index is -0.481. The Labute approximate surface area is 223 Å². The molecule has 0 N–H and O–H groups in total. The highest BCUT2D eigenvalue weighted by Crippen LogP contribution is 2.36. The summed E-state index contributed by atoms with van der Waals surface area (Å²) in [5.41, 5.74) is 4.06. The van der Waals surface area contributed by atoms with Crippen molar-refractivity contribution in [2.75, 3.05) is 6.61 Å². The zero-order valence-electron chi connectivity index (χ0n) is 20.0. The van der Waals surface area contributed by atoms with Gasteiger partial charge < -0.3 is 14.2 Å². The molecule has 5 rings (SSSR count). The average Bonchev–Trinajstić information content (AvgIpc) is 3.24. The van der Waals surface area contributed by atoms with Gasteiger partial charge in [0.1, 0.15) is 6.61 Å². The van der Waals surface area contributed by atoms with Crippen LogP contribution in [0.1, 0.15) is 29.2 Å². The summed E-state index contributed by atoms with van der Waals surface area (Å²) >= 11 is 2.23. The fourth-order valence-corrected chi connectivity index (χ4v) is 4.71. The van der Waals surface area contributed by atoms with Crippen LogP contribution in [0.4, 0.5) is 0 Å². The fraction of sp³-hybridized carbons (Fsp3) is 0.133. The topological polar surface area (TPSA) is 57.1 Å². The number of aliphatic imine (C=N–C) groups is 1. The van der Waals surface area contributed by atoms with Crippen LogP contribution in [0.5, 0.6) is 11.5 Å². The van der Waals surface area contributed by atoms with Gasteiger partial charge in [-0.1, -0.05) is 60.2 Å². The van der Waals surface area contributed by atoms with Crippen molar-refractivity contribution >= 4 is 51.3 Å². The number of halogens is 1. The summed E-state index contributed by atoms with van der Waals surface area (Å²) in [6.07, 6.45) is 1.71. The van der Waals surface area contributed by atoms with Crippen molar-refractivity contribution in [2.24, 2.45) is 4.99 Å². The Hall–Kier alpha value is -3.65. The quantitative estimate of drug-likeness (QED) is 0.131. The van der Waals surface area contributed by atoms with Crippen molar-refractivity contribution in [2.45, 2.75) is 20.5 Å². The van der Waals surface area contributed by atoms with E-state index in [-0.39, 0.29) is 5.70 Å². The number of esters is 1. The van der Waals surface area contributed by atoms with E-state index in [4.69, 9.17) is 14.2 Å². The molecule has 180 valence electrons. The minimum absolute atomic E-state index is 0.240. The molecule has 0 fully saturated rings. The maximum absolute atomic E-state index is 12.6. The summed E-state index contributed by atoms with van der Waals surface area (Å²) < 4.78 is 18.4. The molecule has 0 saturated carbocycles. The van der Waals surface area contributed by atoms with Gasteiger partial charge in [-0.05, 0) is 88.7 Å². The normalized spacial score (nSPS) is 14.1. The predicted molar refractivity (Wildman–Crippen MR) is 150 cm³/mol. The number of carbonyl (C=O) groups is 1. The highest BCUT2D eigenvalue weighted by molar-refractivity contribution is 14.1. The Kier molecular flexibility index (Phi) is 7.04. The van der Waals surface area contributed by atoms with Crippen molar-refractivity contribution in [1.29, 1.82) is 0 Å². The van der Waals surface area contributed by atoms with Crippen molar-refractivity contribution in [3.8, 4) is 11.5 Å². The number of aryl methyl sites for hydroxylation is 1. The Balaban J connectivity index is 1.42. The highest BCUT2D eigenvalue weighted by Gasteiger charge is 2.25. The summed E-state index contributed by atoms with van der Waals surface area (Å²) in [4.78, 5) is 17.1. The second kappa shape index (κ2) is 10.5. The molecule has 1 aliphatic rings. The third-order valence-corrected chi connectivity index (χ3v) is 6.56. The molecule has 0 bridgehead atoms. The third-order valence-electron chi connectivity index (χ3n) is 5.76. The van der Waals surface area contributed by atoms with Crippen LogP contribution in [0.3, 0.4) is 0 Å². The molecule has 0 spiro atoms. The number of hydrogen-bond acceptors (Lipinski definition) is 5. The van der Waals surface area contributed by atoms with Crippen LogP contribution in [-0.4, -0.2) is 18.5 Å². The third kappa shape index (κ3) is 5.28. The molecule has 0 saturated heterocycles. The van der Waals surface area contributed by atoms with Gasteiger partial charge in [0.05, 0.1) is 10.2 Å². The number of carbonyl (C=O) groups excluding carboxylic acids is 1.